The van der Waals surface area contributed by atoms with E-state index in [1.807, 2.05) is 24.3 Å². The summed E-state index contributed by atoms with van der Waals surface area (Å²) in [5.74, 6) is 0. The molecule has 154 valence electrons. The lowest BCUT2D eigenvalue weighted by atomic mass is 10.3. The third kappa shape index (κ3) is 6.60. The maximum Gasteiger partial charge on any atom is 0.175 e. The summed E-state index contributed by atoms with van der Waals surface area (Å²) in [6, 6.07) is 17.6. The van der Waals surface area contributed by atoms with Crippen LogP contribution in [0.3, 0.4) is 0 Å². The Morgan fingerprint density at radius 2 is 0.900 bits per heavy atom. The largest absolute Gasteiger partial charge is 0.332 e. The topological polar surface area (TPSA) is 48.1 Å². The summed E-state index contributed by atoms with van der Waals surface area (Å²) in [5, 5.41) is 15.1. The molecule has 0 bridgehead atoms. The first-order valence-corrected chi connectivity index (χ1v) is 10.8. The Bertz CT molecular complexity index is 1000. The van der Waals surface area contributed by atoms with Gasteiger partial charge in [0.05, 0.1) is 21.4 Å². The van der Waals surface area contributed by atoms with Gasteiger partial charge in [-0.25, -0.2) is 0 Å². The second kappa shape index (κ2) is 10.5. The molecule has 0 unspecified atom stereocenters. The van der Waals surface area contributed by atoms with Crippen LogP contribution in [-0.4, -0.2) is 10.2 Å². The van der Waals surface area contributed by atoms with Crippen molar-refractivity contribution in [1.29, 1.82) is 0 Å². The highest BCUT2D eigenvalue weighted by Crippen LogP contribution is 2.27. The lowest BCUT2D eigenvalue weighted by molar-refractivity contribution is 1.57. The Balaban J connectivity index is 1.56. The number of benzene rings is 3. The molecule has 0 aliphatic heterocycles. The molecule has 0 atom stereocenters. The van der Waals surface area contributed by atoms with E-state index in [2.05, 4.69) is 21.3 Å². The molecule has 0 saturated heterocycles. The zero-order valence-corrected chi connectivity index (χ0v) is 19.8. The van der Waals surface area contributed by atoms with Gasteiger partial charge in [-0.1, -0.05) is 46.4 Å². The smallest absolute Gasteiger partial charge is 0.175 e. The molecule has 3 rings (SSSR count). The van der Waals surface area contributed by atoms with Gasteiger partial charge in [0.1, 0.15) is 0 Å². The summed E-state index contributed by atoms with van der Waals surface area (Å²) in [4.78, 5) is 0. The first kappa shape index (κ1) is 22.9. The van der Waals surface area contributed by atoms with E-state index in [0.717, 1.165) is 11.4 Å². The summed E-state index contributed by atoms with van der Waals surface area (Å²) in [7, 11) is 0. The predicted octanol–water partition coefficient (Wildman–Crippen LogP) is 7.92. The Labute approximate surface area is 204 Å². The molecule has 0 radical (unpaired) electrons. The predicted molar refractivity (Wildman–Crippen MR) is 139 cm³/mol. The van der Waals surface area contributed by atoms with Crippen LogP contribution in [0.25, 0.3) is 0 Å². The molecular weight excluding hydrogens is 502 g/mol. The van der Waals surface area contributed by atoms with E-state index in [1.165, 1.54) is 0 Å². The number of halogens is 4. The number of hydrogen-bond donors (Lipinski definition) is 4. The second-order valence-electron chi connectivity index (χ2n) is 5.98. The third-order valence-corrected chi connectivity index (χ3v) is 5.29. The minimum atomic E-state index is 0.382. The molecule has 0 spiro atoms. The van der Waals surface area contributed by atoms with E-state index in [1.54, 1.807) is 36.4 Å². The highest BCUT2D eigenvalue weighted by atomic mass is 35.5. The summed E-state index contributed by atoms with van der Waals surface area (Å²) in [5.41, 5.74) is 2.81. The average Bonchev–Trinajstić information content (AvgIpc) is 2.69. The molecule has 3 aromatic rings. The summed E-state index contributed by atoms with van der Waals surface area (Å²) >= 11 is 34.9. The highest BCUT2D eigenvalue weighted by Gasteiger charge is 2.06. The van der Waals surface area contributed by atoms with Crippen molar-refractivity contribution in [2.75, 3.05) is 21.3 Å². The van der Waals surface area contributed by atoms with E-state index in [-0.39, 0.29) is 0 Å². The fourth-order valence-corrected chi connectivity index (χ4v) is 3.52. The molecule has 30 heavy (non-hydrogen) atoms. The molecule has 0 fully saturated rings. The van der Waals surface area contributed by atoms with E-state index in [9.17, 15) is 0 Å². The van der Waals surface area contributed by atoms with Crippen LogP contribution in [0, 0.1) is 0 Å². The van der Waals surface area contributed by atoms with Crippen molar-refractivity contribution < 1.29 is 0 Å². The Hall–Kier alpha value is -1.80. The number of thiocarbonyl (C=S) groups is 2. The second-order valence-corrected chi connectivity index (χ2v) is 8.49. The summed E-state index contributed by atoms with van der Waals surface area (Å²) < 4.78 is 0. The third-order valence-electron chi connectivity index (χ3n) is 3.75. The van der Waals surface area contributed by atoms with Crippen LogP contribution in [0.2, 0.25) is 20.1 Å². The number of hydrogen-bond acceptors (Lipinski definition) is 2. The normalized spacial score (nSPS) is 10.3. The van der Waals surface area contributed by atoms with Gasteiger partial charge in [-0.3, -0.25) is 0 Å². The van der Waals surface area contributed by atoms with Gasteiger partial charge in [-0.15, -0.1) is 0 Å². The van der Waals surface area contributed by atoms with Gasteiger partial charge in [-0.05, 0) is 85.1 Å². The molecular formula is C20H14Cl4N4S2. The summed E-state index contributed by atoms with van der Waals surface area (Å²) in [6.45, 7) is 0. The quantitative estimate of drug-likeness (QED) is 0.265. The van der Waals surface area contributed by atoms with Crippen LogP contribution in [0.4, 0.5) is 22.7 Å². The lowest BCUT2D eigenvalue weighted by Gasteiger charge is -2.14. The maximum absolute atomic E-state index is 6.14. The number of anilines is 4. The number of rotatable bonds is 4. The van der Waals surface area contributed by atoms with E-state index in [0.29, 0.717) is 41.7 Å². The fraction of sp³-hybridized carbons (Fsp3) is 0. The van der Waals surface area contributed by atoms with E-state index in [4.69, 9.17) is 70.8 Å². The van der Waals surface area contributed by atoms with Gasteiger partial charge in [0.25, 0.3) is 0 Å². The van der Waals surface area contributed by atoms with Crippen LogP contribution >= 0.6 is 70.8 Å². The van der Waals surface area contributed by atoms with Crippen LogP contribution in [0.1, 0.15) is 0 Å². The van der Waals surface area contributed by atoms with Crippen molar-refractivity contribution in [1.82, 2.24) is 0 Å². The van der Waals surface area contributed by atoms with Gasteiger partial charge in [0, 0.05) is 21.4 Å². The van der Waals surface area contributed by atoms with Crippen molar-refractivity contribution in [3.8, 4) is 0 Å². The Morgan fingerprint density at radius 1 is 0.533 bits per heavy atom. The summed E-state index contributed by atoms with van der Waals surface area (Å²) in [6.07, 6.45) is 0. The SMILES string of the molecule is S=C(Nc1ccc(NC(=S)Nc2cc(Cl)ccc2Cl)cc1)Nc1cc(Cl)ccc1Cl. The first-order chi connectivity index (χ1) is 14.3. The molecule has 3 aromatic carbocycles. The van der Waals surface area contributed by atoms with Crippen molar-refractivity contribution in [2.45, 2.75) is 0 Å². The van der Waals surface area contributed by atoms with E-state index < -0.39 is 0 Å². The van der Waals surface area contributed by atoms with E-state index >= 15 is 0 Å². The molecule has 0 aliphatic rings. The Morgan fingerprint density at radius 3 is 1.27 bits per heavy atom. The molecule has 0 aliphatic carbocycles. The van der Waals surface area contributed by atoms with Crippen molar-refractivity contribution in [3.05, 3.63) is 80.8 Å². The fourth-order valence-electron chi connectivity index (χ4n) is 2.39. The zero-order valence-electron chi connectivity index (χ0n) is 15.1. The molecule has 0 amide bonds. The van der Waals surface area contributed by atoms with Gasteiger partial charge >= 0.3 is 0 Å². The standard InChI is InChI=1S/C20H14Cl4N4S2/c21-11-1-7-15(23)17(9-11)27-19(29)25-13-3-5-14(6-4-13)26-20(30)28-18-10-12(22)2-8-16(18)24/h1-10H,(H2,25,27,29)(H2,26,28,30). The van der Waals surface area contributed by atoms with Crippen LogP contribution < -0.4 is 21.3 Å². The maximum atomic E-state index is 6.14. The highest BCUT2D eigenvalue weighted by molar-refractivity contribution is 7.81. The average molecular weight is 516 g/mol. The molecule has 0 heterocycles. The minimum Gasteiger partial charge on any atom is -0.332 e. The van der Waals surface area contributed by atoms with Crippen LogP contribution in [-0.2, 0) is 0 Å². The van der Waals surface area contributed by atoms with Crippen molar-refractivity contribution >= 4 is 104 Å². The lowest BCUT2D eigenvalue weighted by Crippen LogP contribution is -2.20. The Kier molecular flexibility index (Phi) is 7.99. The van der Waals surface area contributed by atoms with Crippen molar-refractivity contribution in [3.63, 3.8) is 0 Å². The van der Waals surface area contributed by atoms with Crippen LogP contribution in [0.15, 0.2) is 60.7 Å². The minimum absolute atomic E-state index is 0.382. The first-order valence-electron chi connectivity index (χ1n) is 8.46. The van der Waals surface area contributed by atoms with Gasteiger partial charge in [-0.2, -0.15) is 0 Å². The molecule has 10 heteroatoms. The molecule has 0 saturated carbocycles. The zero-order chi connectivity index (χ0) is 21.7. The van der Waals surface area contributed by atoms with Gasteiger partial charge < -0.3 is 21.3 Å². The molecule has 4 nitrogen and oxygen atoms in total. The van der Waals surface area contributed by atoms with Crippen molar-refractivity contribution in [2.24, 2.45) is 0 Å². The molecule has 0 aromatic heterocycles. The van der Waals surface area contributed by atoms with Gasteiger partial charge in [0.2, 0.25) is 0 Å². The van der Waals surface area contributed by atoms with Gasteiger partial charge in [0.15, 0.2) is 10.2 Å². The number of nitrogens with one attached hydrogen (secondary N) is 4. The monoisotopic (exact) mass is 514 g/mol. The molecule has 4 N–H and O–H groups in total. The van der Waals surface area contributed by atoms with Crippen LogP contribution in [0.5, 0.6) is 0 Å².